The van der Waals surface area contributed by atoms with Crippen LogP contribution in [0.25, 0.3) is 0 Å². The van der Waals surface area contributed by atoms with Crippen molar-refractivity contribution in [3.05, 3.63) is 0 Å². The molecule has 0 aromatic rings. The Balaban J connectivity index is 5.06. The van der Waals surface area contributed by atoms with Crippen LogP contribution in [0.4, 0.5) is 0 Å². The molecular formula is C21H38N4O4S. The molecule has 0 fully saturated rings. The minimum absolute atomic E-state index is 0.0715. The summed E-state index contributed by atoms with van der Waals surface area (Å²) in [6, 6.07) is -1.37. The highest BCUT2D eigenvalue weighted by Gasteiger charge is 2.28. The number of Topliss-reactive ketones (excluding diaryl/α,β-unsaturated/α-hetero) is 1. The average molecular weight is 443 g/mol. The van der Waals surface area contributed by atoms with E-state index in [1.165, 1.54) is 6.92 Å². The summed E-state index contributed by atoms with van der Waals surface area (Å²) < 4.78 is 0. The number of carbonyl (C=O) groups excluding carboxylic acids is 4. The summed E-state index contributed by atoms with van der Waals surface area (Å²) in [6.45, 7) is 7.51. The van der Waals surface area contributed by atoms with Crippen molar-refractivity contribution < 1.29 is 19.2 Å². The van der Waals surface area contributed by atoms with Crippen molar-refractivity contribution in [1.82, 2.24) is 10.6 Å². The van der Waals surface area contributed by atoms with Crippen molar-refractivity contribution in [3.8, 4) is 0 Å². The summed E-state index contributed by atoms with van der Waals surface area (Å²) in [5.74, 6) is 0.135. The molecule has 0 saturated carbocycles. The maximum Gasteiger partial charge on any atom is 0.243 e. The summed E-state index contributed by atoms with van der Waals surface area (Å²) in [4.78, 5) is 52.6. The number of hydrogen-bond donors (Lipinski definition) is 3. The maximum absolute atomic E-state index is 12.9. The van der Waals surface area contributed by atoms with E-state index in [-0.39, 0.29) is 29.9 Å². The largest absolute Gasteiger partial charge is 0.388 e. The highest BCUT2D eigenvalue weighted by atomic mass is 32.2. The van der Waals surface area contributed by atoms with Gasteiger partial charge in [-0.1, -0.05) is 13.8 Å². The van der Waals surface area contributed by atoms with Crippen LogP contribution in [0.1, 0.15) is 59.8 Å². The molecule has 4 N–H and O–H groups in total. The van der Waals surface area contributed by atoms with E-state index >= 15 is 0 Å². The van der Waals surface area contributed by atoms with Gasteiger partial charge in [0.1, 0.15) is 12.3 Å². The number of nitrogens with two attached hydrogens (primary N) is 1. The zero-order chi connectivity index (χ0) is 23.1. The van der Waals surface area contributed by atoms with E-state index in [0.717, 1.165) is 6.29 Å². The number of ketones is 1. The number of nitrogens with one attached hydrogen (secondary N) is 2. The van der Waals surface area contributed by atoms with Crippen molar-refractivity contribution in [2.75, 3.05) is 18.6 Å². The fourth-order valence-corrected chi connectivity index (χ4v) is 3.46. The third-order valence-corrected chi connectivity index (χ3v) is 5.11. The molecule has 0 radical (unpaired) electrons. The lowest BCUT2D eigenvalue weighted by atomic mass is 9.91. The summed E-state index contributed by atoms with van der Waals surface area (Å²) in [5, 5.41) is 5.46. The van der Waals surface area contributed by atoms with Gasteiger partial charge in [0.25, 0.3) is 0 Å². The molecule has 8 nitrogen and oxygen atoms in total. The molecule has 0 saturated heterocycles. The monoisotopic (exact) mass is 442 g/mol. The van der Waals surface area contributed by atoms with E-state index in [1.54, 1.807) is 18.7 Å². The summed E-state index contributed by atoms with van der Waals surface area (Å²) in [7, 11) is 0. The molecule has 0 aliphatic heterocycles. The Bertz CT molecular complexity index is 592. The van der Waals surface area contributed by atoms with Crippen molar-refractivity contribution >= 4 is 41.5 Å². The quantitative estimate of drug-likeness (QED) is 0.144. The molecule has 30 heavy (non-hydrogen) atoms. The highest BCUT2D eigenvalue weighted by Crippen LogP contribution is 2.15. The fraction of sp³-hybridized carbons (Fsp3) is 0.762. The Kier molecular flexibility index (Phi) is 14.9. The van der Waals surface area contributed by atoms with Crippen LogP contribution in [0, 0.1) is 11.8 Å². The first-order valence-electron chi connectivity index (χ1n) is 10.4. The average Bonchev–Trinajstić information content (AvgIpc) is 2.65. The minimum atomic E-state index is -0.685. The number of thioether (sulfide) groups is 1. The molecule has 0 aliphatic carbocycles. The Labute approximate surface area is 184 Å². The topological polar surface area (TPSA) is 131 Å². The smallest absolute Gasteiger partial charge is 0.243 e. The second-order valence-corrected chi connectivity index (χ2v) is 8.94. The van der Waals surface area contributed by atoms with Gasteiger partial charge >= 0.3 is 0 Å². The van der Waals surface area contributed by atoms with E-state index < -0.39 is 18.0 Å². The third kappa shape index (κ3) is 13.3. The second-order valence-electron chi connectivity index (χ2n) is 7.96. The Hall–Kier alpha value is -1.90. The van der Waals surface area contributed by atoms with Crippen LogP contribution in [-0.4, -0.2) is 60.4 Å². The lowest BCUT2D eigenvalue weighted by Gasteiger charge is -2.24. The second kappa shape index (κ2) is 15.9. The van der Waals surface area contributed by atoms with Gasteiger partial charge in [0.2, 0.25) is 11.8 Å². The molecule has 9 heteroatoms. The fourth-order valence-electron chi connectivity index (χ4n) is 2.99. The van der Waals surface area contributed by atoms with Crippen LogP contribution >= 0.6 is 11.8 Å². The summed E-state index contributed by atoms with van der Waals surface area (Å²) in [6.07, 6.45) is 4.94. The molecule has 0 spiro atoms. The molecular weight excluding hydrogens is 404 g/mol. The molecule has 3 atom stereocenters. The summed E-state index contributed by atoms with van der Waals surface area (Å²) in [5.41, 5.74) is 5.50. The number of amidine groups is 1. The molecule has 0 rings (SSSR count). The van der Waals surface area contributed by atoms with Crippen LogP contribution in [0.2, 0.25) is 0 Å². The predicted octanol–water partition coefficient (Wildman–Crippen LogP) is 1.71. The predicted molar refractivity (Wildman–Crippen MR) is 123 cm³/mol. The third-order valence-electron chi connectivity index (χ3n) is 4.47. The first-order chi connectivity index (χ1) is 14.1. The van der Waals surface area contributed by atoms with E-state index in [9.17, 15) is 19.2 Å². The van der Waals surface area contributed by atoms with Gasteiger partial charge in [-0.25, -0.2) is 0 Å². The normalized spacial score (nSPS) is 14.7. The highest BCUT2D eigenvalue weighted by molar-refractivity contribution is 7.98. The van der Waals surface area contributed by atoms with Crippen molar-refractivity contribution in [2.45, 2.75) is 71.9 Å². The standard InChI is InChI=1S/C21H38N4O4S/c1-14(2)11-19(25-21(29)18(8-10-30-5)24-16(4)27)20(28)12-17(13-26)7-6-9-23-15(3)22/h13-14,17-19H,6-12H2,1-5H3,(H2,22,23)(H,24,27)(H,25,29)/t17-,18+,19+/m1/s1. The first kappa shape index (κ1) is 28.1. The molecule has 0 aliphatic rings. The van der Waals surface area contributed by atoms with Crippen molar-refractivity contribution in [3.63, 3.8) is 0 Å². The molecule has 0 aromatic heterocycles. The summed E-state index contributed by atoms with van der Waals surface area (Å²) >= 11 is 1.58. The molecule has 0 aromatic carbocycles. The van der Waals surface area contributed by atoms with Gasteiger partial charge in [0.15, 0.2) is 5.78 Å². The van der Waals surface area contributed by atoms with Gasteiger partial charge in [-0.2, -0.15) is 11.8 Å². The van der Waals surface area contributed by atoms with Crippen LogP contribution in [0.5, 0.6) is 0 Å². The van der Waals surface area contributed by atoms with Gasteiger partial charge in [0, 0.05) is 25.8 Å². The minimum Gasteiger partial charge on any atom is -0.388 e. The number of aldehydes is 1. The van der Waals surface area contributed by atoms with Crippen LogP contribution < -0.4 is 16.4 Å². The lowest BCUT2D eigenvalue weighted by Crippen LogP contribution is -2.52. The van der Waals surface area contributed by atoms with Gasteiger partial charge in [-0.05, 0) is 50.5 Å². The maximum atomic E-state index is 12.9. The van der Waals surface area contributed by atoms with E-state index in [0.29, 0.717) is 43.8 Å². The number of rotatable bonds is 16. The van der Waals surface area contributed by atoms with E-state index in [4.69, 9.17) is 5.73 Å². The molecule has 0 unspecified atom stereocenters. The number of amides is 2. The Morgan fingerprint density at radius 3 is 2.27 bits per heavy atom. The number of nitrogens with zero attached hydrogens (tertiary/aromatic N) is 1. The van der Waals surface area contributed by atoms with Crippen molar-refractivity contribution in [1.29, 1.82) is 0 Å². The van der Waals surface area contributed by atoms with Crippen molar-refractivity contribution in [2.24, 2.45) is 22.6 Å². The van der Waals surface area contributed by atoms with Gasteiger partial charge < -0.3 is 21.2 Å². The Morgan fingerprint density at radius 2 is 1.77 bits per heavy atom. The first-order valence-corrected chi connectivity index (χ1v) is 11.8. The van der Waals surface area contributed by atoms with E-state index in [2.05, 4.69) is 15.6 Å². The van der Waals surface area contributed by atoms with Gasteiger partial charge in [-0.3, -0.25) is 19.4 Å². The van der Waals surface area contributed by atoms with Gasteiger partial charge in [0.05, 0.1) is 11.9 Å². The lowest BCUT2D eigenvalue weighted by molar-refractivity contribution is -0.132. The number of carbonyl (C=O) groups is 4. The van der Waals surface area contributed by atoms with Crippen LogP contribution in [0.15, 0.2) is 4.99 Å². The molecule has 0 heterocycles. The SMILES string of the molecule is CSCC[C@H](NC(C)=O)C(=O)N[C@@H](CC(C)C)C(=O)C[C@H](C=O)CCCN=C(C)N. The number of aliphatic imine (C=N–C) groups is 1. The molecule has 2 amide bonds. The zero-order valence-electron chi connectivity index (χ0n) is 18.9. The Morgan fingerprint density at radius 1 is 1.10 bits per heavy atom. The number of hydrogen-bond acceptors (Lipinski definition) is 6. The zero-order valence-corrected chi connectivity index (χ0v) is 19.7. The van der Waals surface area contributed by atoms with Crippen LogP contribution in [-0.2, 0) is 19.2 Å². The van der Waals surface area contributed by atoms with E-state index in [1.807, 2.05) is 20.1 Å². The van der Waals surface area contributed by atoms with Gasteiger partial charge in [-0.15, -0.1) is 0 Å². The molecule has 0 bridgehead atoms. The van der Waals surface area contributed by atoms with Crippen LogP contribution in [0.3, 0.4) is 0 Å². The molecule has 172 valence electrons.